The van der Waals surface area contributed by atoms with E-state index in [9.17, 15) is 26.3 Å². The van der Waals surface area contributed by atoms with Crippen molar-refractivity contribution in [2.45, 2.75) is 19.0 Å². The van der Waals surface area contributed by atoms with E-state index in [4.69, 9.17) is 5.11 Å². The number of nitrogens with zero attached hydrogens (tertiary/aromatic N) is 3. The lowest BCUT2D eigenvalue weighted by Crippen LogP contribution is -2.12. The Morgan fingerprint density at radius 1 is 0.955 bits per heavy atom. The van der Waals surface area contributed by atoms with Gasteiger partial charge in [-0.1, -0.05) is 0 Å². The van der Waals surface area contributed by atoms with Crippen LogP contribution in [-0.2, 0) is 19.0 Å². The minimum Gasteiger partial charge on any atom is -0.392 e. The van der Waals surface area contributed by atoms with Gasteiger partial charge in [0.2, 0.25) is 5.82 Å². The highest BCUT2D eigenvalue weighted by Gasteiger charge is 2.36. The summed E-state index contributed by atoms with van der Waals surface area (Å²) >= 11 is 0. The number of aromatic nitrogens is 3. The number of rotatable bonds is 2. The van der Waals surface area contributed by atoms with Crippen molar-refractivity contribution in [2.75, 3.05) is 0 Å². The van der Waals surface area contributed by atoms with Gasteiger partial charge in [0.15, 0.2) is 0 Å². The quantitative estimate of drug-likeness (QED) is 0.863. The van der Waals surface area contributed by atoms with Gasteiger partial charge in [0.05, 0.1) is 23.6 Å². The van der Waals surface area contributed by atoms with Crippen LogP contribution in [-0.4, -0.2) is 20.1 Å². The predicted octanol–water partition coefficient (Wildman–Crippen LogP) is 3.07. The van der Waals surface area contributed by atoms with Crippen molar-refractivity contribution < 1.29 is 31.4 Å². The predicted molar refractivity (Wildman–Crippen MR) is 61.2 cm³/mol. The number of halogens is 6. The average molecular weight is 323 g/mol. The molecule has 22 heavy (non-hydrogen) atoms. The molecule has 0 aliphatic carbocycles. The Morgan fingerprint density at radius 3 is 2.18 bits per heavy atom. The summed E-state index contributed by atoms with van der Waals surface area (Å²) in [5, 5.41) is 9.00. The van der Waals surface area contributed by atoms with Gasteiger partial charge in [-0.25, -0.2) is 9.97 Å². The first-order valence-corrected chi connectivity index (χ1v) is 5.70. The molecule has 4 nitrogen and oxygen atoms in total. The van der Waals surface area contributed by atoms with Crippen LogP contribution in [0.4, 0.5) is 26.3 Å². The minimum atomic E-state index is -4.79. The van der Waals surface area contributed by atoms with Gasteiger partial charge in [0.1, 0.15) is 0 Å². The molecule has 0 fully saturated rings. The van der Waals surface area contributed by atoms with Crippen LogP contribution in [0.2, 0.25) is 0 Å². The van der Waals surface area contributed by atoms with Crippen LogP contribution >= 0.6 is 0 Å². The highest BCUT2D eigenvalue weighted by Crippen LogP contribution is 2.33. The van der Waals surface area contributed by atoms with Crippen molar-refractivity contribution in [3.8, 4) is 11.4 Å². The van der Waals surface area contributed by atoms with E-state index in [0.717, 1.165) is 18.3 Å². The van der Waals surface area contributed by atoms with Gasteiger partial charge in [-0.05, 0) is 17.7 Å². The van der Waals surface area contributed by atoms with Crippen LogP contribution in [0.25, 0.3) is 11.4 Å². The molecule has 0 spiro atoms. The second-order valence-electron chi connectivity index (χ2n) is 4.15. The number of pyridine rings is 1. The Hall–Kier alpha value is -2.23. The van der Waals surface area contributed by atoms with Crippen molar-refractivity contribution in [2.24, 2.45) is 0 Å². The first-order valence-electron chi connectivity index (χ1n) is 5.70. The van der Waals surface area contributed by atoms with Crippen LogP contribution < -0.4 is 0 Å². The number of alkyl halides is 6. The third kappa shape index (κ3) is 3.32. The zero-order chi connectivity index (χ0) is 16.5. The van der Waals surface area contributed by atoms with Crippen molar-refractivity contribution in [1.82, 2.24) is 15.0 Å². The van der Waals surface area contributed by atoms with E-state index in [1.54, 1.807) is 0 Å². The monoisotopic (exact) mass is 323 g/mol. The zero-order valence-corrected chi connectivity index (χ0v) is 10.6. The summed E-state index contributed by atoms with van der Waals surface area (Å²) in [5.74, 6) is -1.43. The Balaban J connectivity index is 2.51. The van der Waals surface area contributed by atoms with E-state index >= 15 is 0 Å². The van der Waals surface area contributed by atoms with Crippen molar-refractivity contribution >= 4 is 0 Å². The summed E-state index contributed by atoms with van der Waals surface area (Å²) in [5.41, 5.74) is -2.20. The van der Waals surface area contributed by atoms with Gasteiger partial charge >= 0.3 is 12.4 Å². The molecule has 0 aliphatic heterocycles. The molecule has 0 aromatic carbocycles. The fourth-order valence-corrected chi connectivity index (χ4v) is 1.66. The SMILES string of the molecule is OCc1cc(-c2ccnc(C(F)(F)F)n2)ncc1C(F)(F)F. The third-order valence-electron chi connectivity index (χ3n) is 2.64. The molecule has 0 aliphatic rings. The lowest BCUT2D eigenvalue weighted by atomic mass is 10.1. The molecular weight excluding hydrogens is 316 g/mol. The second-order valence-corrected chi connectivity index (χ2v) is 4.15. The highest BCUT2D eigenvalue weighted by atomic mass is 19.4. The number of hydrogen-bond acceptors (Lipinski definition) is 4. The summed E-state index contributed by atoms with van der Waals surface area (Å²) in [4.78, 5) is 9.72. The first-order chi connectivity index (χ1) is 10.1. The number of aliphatic hydroxyl groups is 1. The molecule has 0 amide bonds. The lowest BCUT2D eigenvalue weighted by molar-refractivity contribution is -0.145. The lowest BCUT2D eigenvalue weighted by Gasteiger charge is -2.12. The van der Waals surface area contributed by atoms with E-state index in [-0.39, 0.29) is 11.4 Å². The smallest absolute Gasteiger partial charge is 0.392 e. The molecule has 0 atom stereocenters. The molecule has 1 N–H and O–H groups in total. The summed E-state index contributed by atoms with van der Waals surface area (Å²) in [6, 6.07) is 1.91. The Morgan fingerprint density at radius 2 is 1.64 bits per heavy atom. The Kier molecular flexibility index (Phi) is 4.05. The Bertz CT molecular complexity index is 683. The topological polar surface area (TPSA) is 58.9 Å². The van der Waals surface area contributed by atoms with Crippen LogP contribution in [0.5, 0.6) is 0 Å². The van der Waals surface area contributed by atoms with Gasteiger partial charge in [0.25, 0.3) is 0 Å². The molecular formula is C12H7F6N3O. The van der Waals surface area contributed by atoms with Crippen molar-refractivity contribution in [1.29, 1.82) is 0 Å². The molecule has 10 heteroatoms. The summed E-state index contributed by atoms with van der Waals surface area (Å²) in [6.07, 6.45) is -8.26. The Labute approximate surface area is 119 Å². The third-order valence-corrected chi connectivity index (χ3v) is 2.64. The number of aliphatic hydroxyl groups excluding tert-OH is 1. The van der Waals surface area contributed by atoms with E-state index in [0.29, 0.717) is 6.20 Å². The molecule has 118 valence electrons. The second kappa shape index (κ2) is 5.52. The fraction of sp³-hybridized carbons (Fsp3) is 0.250. The molecule has 2 aromatic heterocycles. The highest BCUT2D eigenvalue weighted by molar-refractivity contribution is 5.55. The largest absolute Gasteiger partial charge is 0.451 e. The van der Waals surface area contributed by atoms with Crippen LogP contribution in [0, 0.1) is 0 Å². The summed E-state index contributed by atoms with van der Waals surface area (Å²) < 4.78 is 75.5. The molecule has 0 saturated heterocycles. The molecule has 2 rings (SSSR count). The van der Waals surface area contributed by atoms with Crippen LogP contribution in [0.3, 0.4) is 0 Å². The van der Waals surface area contributed by atoms with E-state index in [1.165, 1.54) is 0 Å². The van der Waals surface area contributed by atoms with Gasteiger partial charge in [-0.2, -0.15) is 26.3 Å². The van der Waals surface area contributed by atoms with E-state index < -0.39 is 35.9 Å². The van der Waals surface area contributed by atoms with Gasteiger partial charge in [-0.15, -0.1) is 0 Å². The van der Waals surface area contributed by atoms with Crippen LogP contribution in [0.15, 0.2) is 24.5 Å². The minimum absolute atomic E-state index is 0.232. The number of hydrogen-bond donors (Lipinski definition) is 1. The fourth-order valence-electron chi connectivity index (χ4n) is 1.66. The summed E-state index contributed by atoms with van der Waals surface area (Å²) in [7, 11) is 0. The summed E-state index contributed by atoms with van der Waals surface area (Å²) in [6.45, 7) is -0.943. The van der Waals surface area contributed by atoms with Gasteiger partial charge < -0.3 is 5.11 Å². The maximum absolute atomic E-state index is 12.7. The molecule has 0 radical (unpaired) electrons. The molecule has 2 heterocycles. The van der Waals surface area contributed by atoms with Crippen molar-refractivity contribution in [3.63, 3.8) is 0 Å². The normalized spacial score (nSPS) is 12.5. The molecule has 0 unspecified atom stereocenters. The van der Waals surface area contributed by atoms with Gasteiger partial charge in [0, 0.05) is 12.4 Å². The molecule has 0 saturated carbocycles. The molecule has 0 bridgehead atoms. The van der Waals surface area contributed by atoms with Gasteiger partial charge in [-0.3, -0.25) is 4.98 Å². The van der Waals surface area contributed by atoms with E-state index in [2.05, 4.69) is 15.0 Å². The average Bonchev–Trinajstić information content (AvgIpc) is 2.45. The van der Waals surface area contributed by atoms with Crippen molar-refractivity contribution in [3.05, 3.63) is 41.5 Å². The maximum atomic E-state index is 12.7. The van der Waals surface area contributed by atoms with Crippen LogP contribution in [0.1, 0.15) is 17.0 Å². The first kappa shape index (κ1) is 16.1. The molecule has 2 aromatic rings. The zero-order valence-electron chi connectivity index (χ0n) is 10.6. The maximum Gasteiger partial charge on any atom is 0.451 e. The van der Waals surface area contributed by atoms with E-state index in [1.807, 2.05) is 0 Å². The standard InChI is InChI=1S/C12H7F6N3O/c13-11(14,15)7-4-20-9(3-6(7)5-22)8-1-2-19-10(21-8)12(16,17)18/h1-4,22H,5H2.